The molecule has 23 heavy (non-hydrogen) atoms. The third-order valence-corrected chi connectivity index (χ3v) is 4.63. The molecule has 8 heteroatoms. The van der Waals surface area contributed by atoms with Gasteiger partial charge in [-0.05, 0) is 24.6 Å². The van der Waals surface area contributed by atoms with Gasteiger partial charge in [-0.1, -0.05) is 13.0 Å². The highest BCUT2D eigenvalue weighted by atomic mass is 32.2. The number of carbonyl (C=O) groups is 2. The number of halogens is 3. The Kier molecular flexibility index (Phi) is 5.23. The molecule has 1 N–H and O–H groups in total. The Hall–Kier alpha value is -1.70. The Morgan fingerprint density at radius 1 is 1.39 bits per heavy atom. The maximum Gasteiger partial charge on any atom is 0.416 e. The zero-order chi connectivity index (χ0) is 17.2. The largest absolute Gasteiger partial charge is 0.416 e. The van der Waals surface area contributed by atoms with E-state index in [2.05, 4.69) is 5.32 Å². The Bertz CT molecular complexity index is 619. The number of nitrogens with one attached hydrogen (secondary N) is 1. The maximum atomic E-state index is 12.9. The van der Waals surface area contributed by atoms with E-state index in [9.17, 15) is 22.8 Å². The summed E-state index contributed by atoms with van der Waals surface area (Å²) >= 11 is 1.45. The summed E-state index contributed by atoms with van der Waals surface area (Å²) in [4.78, 5) is 25.5. The SMILES string of the molecule is CCC(=O)N1CSC[C@@H]1C(=O)Nc1ccc(C)c(C(F)(F)F)c1. The van der Waals surface area contributed by atoms with E-state index in [4.69, 9.17) is 0 Å². The van der Waals surface area contributed by atoms with Gasteiger partial charge in [-0.2, -0.15) is 13.2 Å². The summed E-state index contributed by atoms with van der Waals surface area (Å²) in [6.45, 7) is 3.07. The molecule has 1 aromatic carbocycles. The number of carbonyl (C=O) groups excluding carboxylic acids is 2. The van der Waals surface area contributed by atoms with E-state index >= 15 is 0 Å². The lowest BCUT2D eigenvalue weighted by Crippen LogP contribution is -2.44. The molecule has 126 valence electrons. The van der Waals surface area contributed by atoms with E-state index in [1.54, 1.807) is 6.92 Å². The number of hydrogen-bond donors (Lipinski definition) is 1. The van der Waals surface area contributed by atoms with Crippen molar-refractivity contribution in [3.63, 3.8) is 0 Å². The van der Waals surface area contributed by atoms with Crippen LogP contribution in [-0.4, -0.2) is 34.4 Å². The number of aryl methyl sites for hydroxylation is 1. The van der Waals surface area contributed by atoms with Crippen LogP contribution in [0.2, 0.25) is 0 Å². The second kappa shape index (κ2) is 6.82. The molecule has 1 atom stereocenters. The van der Waals surface area contributed by atoms with E-state index < -0.39 is 23.7 Å². The molecule has 0 spiro atoms. The van der Waals surface area contributed by atoms with Crippen molar-refractivity contribution in [3.8, 4) is 0 Å². The van der Waals surface area contributed by atoms with Gasteiger partial charge in [-0.3, -0.25) is 9.59 Å². The van der Waals surface area contributed by atoms with E-state index in [1.165, 1.54) is 35.7 Å². The molecule has 0 bridgehead atoms. The summed E-state index contributed by atoms with van der Waals surface area (Å²) in [6.07, 6.45) is -4.19. The van der Waals surface area contributed by atoms with Gasteiger partial charge in [0.1, 0.15) is 6.04 Å². The lowest BCUT2D eigenvalue weighted by Gasteiger charge is -2.22. The molecule has 2 amide bonds. The van der Waals surface area contributed by atoms with Gasteiger partial charge >= 0.3 is 6.18 Å². The van der Waals surface area contributed by atoms with Crippen molar-refractivity contribution in [1.82, 2.24) is 4.90 Å². The third kappa shape index (κ3) is 3.99. The van der Waals surface area contributed by atoms with E-state index in [0.29, 0.717) is 11.6 Å². The van der Waals surface area contributed by atoms with Crippen molar-refractivity contribution in [2.45, 2.75) is 32.5 Å². The highest BCUT2D eigenvalue weighted by molar-refractivity contribution is 7.99. The fraction of sp³-hybridized carbons (Fsp3) is 0.467. The smallest absolute Gasteiger partial charge is 0.324 e. The lowest BCUT2D eigenvalue weighted by molar-refractivity contribution is -0.138. The first kappa shape index (κ1) is 17.7. The fourth-order valence-electron chi connectivity index (χ4n) is 2.34. The van der Waals surface area contributed by atoms with Crippen LogP contribution in [0.25, 0.3) is 0 Å². The minimum absolute atomic E-state index is 0.0775. The van der Waals surface area contributed by atoms with Gasteiger partial charge in [0.2, 0.25) is 11.8 Å². The summed E-state index contributed by atoms with van der Waals surface area (Å²) in [7, 11) is 0. The molecule has 1 saturated heterocycles. The lowest BCUT2D eigenvalue weighted by atomic mass is 10.1. The van der Waals surface area contributed by atoms with Gasteiger partial charge < -0.3 is 10.2 Å². The Labute approximate surface area is 136 Å². The summed E-state index contributed by atoms with van der Waals surface area (Å²) in [6, 6.07) is 3.01. The molecule has 1 aromatic rings. The van der Waals surface area contributed by atoms with Gasteiger partial charge in [-0.25, -0.2) is 0 Å². The molecule has 0 aliphatic carbocycles. The number of nitrogens with zero attached hydrogens (tertiary/aromatic N) is 1. The standard InChI is InChI=1S/C15H17F3N2O2S/c1-3-13(21)20-8-23-7-12(20)14(22)19-10-5-4-9(2)11(6-10)15(16,17)18/h4-6,12H,3,7-8H2,1-2H3,(H,19,22)/t12-/m1/s1. The first-order valence-corrected chi connectivity index (χ1v) is 8.25. The topological polar surface area (TPSA) is 49.4 Å². The van der Waals surface area contributed by atoms with Crippen LogP contribution >= 0.6 is 11.8 Å². The summed E-state index contributed by atoms with van der Waals surface area (Å²) < 4.78 is 38.7. The second-order valence-electron chi connectivity index (χ2n) is 5.25. The quantitative estimate of drug-likeness (QED) is 0.914. The van der Waals surface area contributed by atoms with Gasteiger partial charge in [0.05, 0.1) is 11.4 Å². The zero-order valence-electron chi connectivity index (χ0n) is 12.7. The van der Waals surface area contributed by atoms with Crippen LogP contribution in [0, 0.1) is 6.92 Å². The molecule has 0 saturated carbocycles. The van der Waals surface area contributed by atoms with Crippen molar-refractivity contribution in [2.75, 3.05) is 16.9 Å². The van der Waals surface area contributed by atoms with Crippen LogP contribution in [-0.2, 0) is 15.8 Å². The number of benzene rings is 1. The van der Waals surface area contributed by atoms with Crippen molar-refractivity contribution >= 4 is 29.3 Å². The van der Waals surface area contributed by atoms with Crippen molar-refractivity contribution in [2.24, 2.45) is 0 Å². The number of anilines is 1. The first-order valence-electron chi connectivity index (χ1n) is 7.10. The third-order valence-electron chi connectivity index (χ3n) is 3.62. The molecular formula is C15H17F3N2O2S. The average Bonchev–Trinajstić information content (AvgIpc) is 2.96. The van der Waals surface area contributed by atoms with Gasteiger partial charge in [0.15, 0.2) is 0 Å². The monoisotopic (exact) mass is 346 g/mol. The molecule has 4 nitrogen and oxygen atoms in total. The van der Waals surface area contributed by atoms with Gasteiger partial charge in [-0.15, -0.1) is 11.8 Å². The highest BCUT2D eigenvalue weighted by Crippen LogP contribution is 2.33. The summed E-state index contributed by atoms with van der Waals surface area (Å²) in [5.74, 6) is 0.256. The predicted molar refractivity (Wildman–Crippen MR) is 83.1 cm³/mol. The first-order chi connectivity index (χ1) is 10.7. The molecule has 1 aliphatic heterocycles. The van der Waals surface area contributed by atoms with Crippen LogP contribution in [0.3, 0.4) is 0 Å². The highest BCUT2D eigenvalue weighted by Gasteiger charge is 2.35. The number of thioether (sulfide) groups is 1. The Morgan fingerprint density at radius 3 is 2.70 bits per heavy atom. The van der Waals surface area contributed by atoms with Gasteiger partial charge in [0.25, 0.3) is 0 Å². The Morgan fingerprint density at radius 2 is 2.09 bits per heavy atom. The van der Waals surface area contributed by atoms with Crippen LogP contribution in [0.15, 0.2) is 18.2 Å². The minimum Gasteiger partial charge on any atom is -0.324 e. The number of hydrogen-bond acceptors (Lipinski definition) is 3. The van der Waals surface area contributed by atoms with Crippen LogP contribution in [0.4, 0.5) is 18.9 Å². The molecular weight excluding hydrogens is 329 g/mol. The predicted octanol–water partition coefficient (Wildman–Crippen LogP) is 3.26. The second-order valence-corrected chi connectivity index (χ2v) is 6.25. The zero-order valence-corrected chi connectivity index (χ0v) is 13.6. The van der Waals surface area contributed by atoms with Crippen LogP contribution in [0.5, 0.6) is 0 Å². The average molecular weight is 346 g/mol. The molecule has 0 unspecified atom stereocenters. The molecule has 1 heterocycles. The summed E-state index contributed by atoms with van der Waals surface area (Å²) in [5, 5.41) is 2.49. The Balaban J connectivity index is 2.16. The van der Waals surface area contributed by atoms with Crippen molar-refractivity contribution in [1.29, 1.82) is 0 Å². The molecule has 2 rings (SSSR count). The molecule has 1 aliphatic rings. The van der Waals surface area contributed by atoms with E-state index in [-0.39, 0.29) is 23.6 Å². The van der Waals surface area contributed by atoms with Crippen LogP contribution in [0.1, 0.15) is 24.5 Å². The van der Waals surface area contributed by atoms with E-state index in [0.717, 1.165) is 6.07 Å². The molecule has 0 radical (unpaired) electrons. The number of rotatable bonds is 3. The molecule has 0 aromatic heterocycles. The normalized spacial score (nSPS) is 18.1. The van der Waals surface area contributed by atoms with Gasteiger partial charge in [0, 0.05) is 17.9 Å². The van der Waals surface area contributed by atoms with Crippen molar-refractivity contribution < 1.29 is 22.8 Å². The number of amides is 2. The molecule has 1 fully saturated rings. The number of alkyl halides is 3. The minimum atomic E-state index is -4.47. The summed E-state index contributed by atoms with van der Waals surface area (Å²) in [5.41, 5.74) is -0.610. The fourth-order valence-corrected chi connectivity index (χ4v) is 3.52. The maximum absolute atomic E-state index is 12.9. The van der Waals surface area contributed by atoms with Crippen LogP contribution < -0.4 is 5.32 Å². The van der Waals surface area contributed by atoms with E-state index in [1.807, 2.05) is 0 Å². The van der Waals surface area contributed by atoms with Crippen molar-refractivity contribution in [3.05, 3.63) is 29.3 Å².